The number of ether oxygens (including phenoxy) is 1. The molecule has 3 rings (SSSR count). The minimum absolute atomic E-state index is 0.482. The molecular formula is C17H23NO2. The average Bonchev–Trinajstić information content (AvgIpc) is 2.53. The third-order valence-corrected chi connectivity index (χ3v) is 5.10. The molecule has 0 heterocycles. The van der Waals surface area contributed by atoms with Crippen LogP contribution in [0.3, 0.4) is 0 Å². The van der Waals surface area contributed by atoms with Gasteiger partial charge in [-0.05, 0) is 61.1 Å². The molecule has 2 saturated carbocycles. The van der Waals surface area contributed by atoms with E-state index in [0.29, 0.717) is 11.8 Å². The number of benzene rings is 1. The zero-order chi connectivity index (χ0) is 13.9. The van der Waals surface area contributed by atoms with E-state index >= 15 is 0 Å². The van der Waals surface area contributed by atoms with Gasteiger partial charge in [-0.25, -0.2) is 0 Å². The second-order valence-corrected chi connectivity index (χ2v) is 6.17. The Labute approximate surface area is 120 Å². The molecule has 2 fully saturated rings. The summed E-state index contributed by atoms with van der Waals surface area (Å²) >= 11 is 0. The molecular weight excluding hydrogens is 250 g/mol. The van der Waals surface area contributed by atoms with Crippen molar-refractivity contribution in [3.05, 3.63) is 29.8 Å². The van der Waals surface area contributed by atoms with Crippen LogP contribution in [0, 0.1) is 11.8 Å². The van der Waals surface area contributed by atoms with Gasteiger partial charge in [-0.1, -0.05) is 30.1 Å². The van der Waals surface area contributed by atoms with Crippen LogP contribution in [-0.2, 0) is 0 Å². The zero-order valence-corrected chi connectivity index (χ0v) is 12.1. The van der Waals surface area contributed by atoms with Crippen molar-refractivity contribution in [3.8, 4) is 5.75 Å². The molecule has 0 spiro atoms. The van der Waals surface area contributed by atoms with E-state index in [4.69, 9.17) is 4.74 Å². The Hall–Kier alpha value is -1.51. The molecule has 0 bridgehead atoms. The van der Waals surface area contributed by atoms with Crippen molar-refractivity contribution in [2.45, 2.75) is 44.4 Å². The first-order valence-electron chi connectivity index (χ1n) is 7.65. The van der Waals surface area contributed by atoms with Gasteiger partial charge < -0.3 is 9.94 Å². The minimum atomic E-state index is 0.482. The van der Waals surface area contributed by atoms with Gasteiger partial charge >= 0.3 is 0 Å². The molecule has 1 N–H and O–H groups in total. The lowest BCUT2D eigenvalue weighted by Crippen LogP contribution is -2.34. The molecule has 0 aliphatic heterocycles. The highest BCUT2D eigenvalue weighted by Crippen LogP contribution is 2.47. The Kier molecular flexibility index (Phi) is 3.95. The molecule has 2 aliphatic carbocycles. The molecule has 0 amide bonds. The molecule has 1 unspecified atom stereocenters. The van der Waals surface area contributed by atoms with Gasteiger partial charge in [0.15, 0.2) is 0 Å². The molecule has 2 aliphatic rings. The van der Waals surface area contributed by atoms with E-state index in [9.17, 15) is 5.21 Å². The number of oxime groups is 1. The third kappa shape index (κ3) is 2.54. The first-order valence-corrected chi connectivity index (χ1v) is 7.65. The molecule has 3 nitrogen and oxygen atoms in total. The van der Waals surface area contributed by atoms with Crippen LogP contribution in [0.2, 0.25) is 0 Å². The number of nitrogens with zero attached hydrogens (tertiary/aromatic N) is 1. The quantitative estimate of drug-likeness (QED) is 0.648. The number of methoxy groups -OCH3 is 1. The van der Waals surface area contributed by atoms with Crippen molar-refractivity contribution in [2.75, 3.05) is 7.11 Å². The average molecular weight is 273 g/mol. The van der Waals surface area contributed by atoms with Crippen LogP contribution >= 0.6 is 0 Å². The summed E-state index contributed by atoms with van der Waals surface area (Å²) in [5.41, 5.74) is 2.31. The van der Waals surface area contributed by atoms with Crippen LogP contribution in [-0.4, -0.2) is 18.0 Å². The zero-order valence-electron chi connectivity index (χ0n) is 12.1. The van der Waals surface area contributed by atoms with Crippen LogP contribution < -0.4 is 4.74 Å². The fourth-order valence-electron chi connectivity index (χ4n) is 4.13. The molecule has 3 atom stereocenters. The smallest absolute Gasteiger partial charge is 0.119 e. The summed E-state index contributed by atoms with van der Waals surface area (Å²) in [6.45, 7) is 0. The largest absolute Gasteiger partial charge is 0.497 e. The van der Waals surface area contributed by atoms with Crippen molar-refractivity contribution in [2.24, 2.45) is 17.0 Å². The first kappa shape index (κ1) is 13.5. The summed E-state index contributed by atoms with van der Waals surface area (Å²) in [5, 5.41) is 12.8. The first-order chi connectivity index (χ1) is 9.81. The van der Waals surface area contributed by atoms with Crippen molar-refractivity contribution in [1.82, 2.24) is 0 Å². The van der Waals surface area contributed by atoms with E-state index in [1.807, 2.05) is 6.07 Å². The molecule has 0 saturated heterocycles. The van der Waals surface area contributed by atoms with Crippen molar-refractivity contribution >= 4 is 5.71 Å². The Balaban J connectivity index is 1.91. The fourth-order valence-corrected chi connectivity index (χ4v) is 4.13. The van der Waals surface area contributed by atoms with Gasteiger partial charge in [0, 0.05) is 0 Å². The van der Waals surface area contributed by atoms with Crippen LogP contribution in [0.25, 0.3) is 0 Å². The lowest BCUT2D eigenvalue weighted by Gasteiger charge is -2.41. The van der Waals surface area contributed by atoms with Gasteiger partial charge in [0.05, 0.1) is 12.8 Å². The number of hydrogen-bond donors (Lipinski definition) is 1. The standard InChI is InChI=1S/C17H23NO2/c1-20-15-7-4-6-13(10-15)17-11-14(18-19)9-12-5-2-3-8-16(12)17/h4,6-7,10,12,16-17,19H,2-3,5,8-9,11H2,1H3/t12?,16-,17+/m1/s1. The normalized spacial score (nSPS) is 31.9. The van der Waals surface area contributed by atoms with Gasteiger partial charge in [0.2, 0.25) is 0 Å². The second-order valence-electron chi connectivity index (χ2n) is 6.17. The van der Waals surface area contributed by atoms with Gasteiger partial charge in [0.1, 0.15) is 5.75 Å². The van der Waals surface area contributed by atoms with Crippen LogP contribution in [0.15, 0.2) is 29.4 Å². The van der Waals surface area contributed by atoms with Crippen LogP contribution in [0.4, 0.5) is 0 Å². The van der Waals surface area contributed by atoms with Crippen molar-refractivity contribution in [1.29, 1.82) is 0 Å². The maximum absolute atomic E-state index is 9.21. The highest BCUT2D eigenvalue weighted by molar-refractivity contribution is 5.86. The summed E-state index contributed by atoms with van der Waals surface area (Å²) in [7, 11) is 1.71. The molecule has 3 heteroatoms. The van der Waals surface area contributed by atoms with Gasteiger partial charge in [0.25, 0.3) is 0 Å². The Bertz CT molecular complexity index is 498. The monoisotopic (exact) mass is 273 g/mol. The Morgan fingerprint density at radius 2 is 2.05 bits per heavy atom. The lowest BCUT2D eigenvalue weighted by molar-refractivity contribution is 0.186. The van der Waals surface area contributed by atoms with E-state index < -0.39 is 0 Å². The fraction of sp³-hybridized carbons (Fsp3) is 0.588. The Morgan fingerprint density at radius 3 is 2.85 bits per heavy atom. The summed E-state index contributed by atoms with van der Waals surface area (Å²) < 4.78 is 5.36. The highest BCUT2D eigenvalue weighted by Gasteiger charge is 2.38. The summed E-state index contributed by atoms with van der Waals surface area (Å²) in [6.07, 6.45) is 7.14. The second kappa shape index (κ2) is 5.86. The SMILES string of the molecule is COc1cccc([C@@H]2CC(=NO)CC3CCCC[C@H]32)c1. The molecule has 1 aromatic carbocycles. The van der Waals surface area contributed by atoms with Crippen LogP contribution in [0.5, 0.6) is 5.75 Å². The lowest BCUT2D eigenvalue weighted by atomic mass is 9.63. The molecule has 0 aromatic heterocycles. The highest BCUT2D eigenvalue weighted by atomic mass is 16.5. The molecule has 20 heavy (non-hydrogen) atoms. The van der Waals surface area contributed by atoms with Gasteiger partial charge in [-0.3, -0.25) is 0 Å². The molecule has 0 radical (unpaired) electrons. The summed E-state index contributed by atoms with van der Waals surface area (Å²) in [6, 6.07) is 8.40. The predicted molar refractivity (Wildman–Crippen MR) is 79.6 cm³/mol. The minimum Gasteiger partial charge on any atom is -0.497 e. The predicted octanol–water partition coefficient (Wildman–Crippen LogP) is 4.21. The summed E-state index contributed by atoms with van der Waals surface area (Å²) in [4.78, 5) is 0. The Morgan fingerprint density at radius 1 is 1.20 bits per heavy atom. The van der Waals surface area contributed by atoms with E-state index in [0.717, 1.165) is 30.2 Å². The molecule has 108 valence electrons. The maximum atomic E-state index is 9.21. The van der Waals surface area contributed by atoms with Crippen molar-refractivity contribution in [3.63, 3.8) is 0 Å². The van der Waals surface area contributed by atoms with Gasteiger partial charge in [-0.2, -0.15) is 0 Å². The molecule has 1 aromatic rings. The number of rotatable bonds is 2. The van der Waals surface area contributed by atoms with Gasteiger partial charge in [-0.15, -0.1) is 0 Å². The number of fused-ring (bicyclic) bond motifs is 1. The van der Waals surface area contributed by atoms with Crippen molar-refractivity contribution < 1.29 is 9.94 Å². The summed E-state index contributed by atoms with van der Waals surface area (Å²) in [5.74, 6) is 2.83. The van der Waals surface area contributed by atoms with E-state index in [-0.39, 0.29) is 0 Å². The number of hydrogen-bond acceptors (Lipinski definition) is 3. The van der Waals surface area contributed by atoms with E-state index in [2.05, 4.69) is 23.4 Å². The van der Waals surface area contributed by atoms with E-state index in [1.165, 1.54) is 31.2 Å². The third-order valence-electron chi connectivity index (χ3n) is 5.10. The van der Waals surface area contributed by atoms with E-state index in [1.54, 1.807) is 7.11 Å². The maximum Gasteiger partial charge on any atom is 0.119 e. The topological polar surface area (TPSA) is 41.8 Å². The van der Waals surface area contributed by atoms with Crippen LogP contribution in [0.1, 0.15) is 50.0 Å².